The summed E-state index contributed by atoms with van der Waals surface area (Å²) >= 11 is 0. The van der Waals surface area contributed by atoms with Crippen LogP contribution in [0.2, 0.25) is 0 Å². The Morgan fingerprint density at radius 1 is 1.36 bits per heavy atom. The van der Waals surface area contributed by atoms with Gasteiger partial charge in [0, 0.05) is 6.42 Å². The third-order valence-electron chi connectivity index (χ3n) is 4.67. The van der Waals surface area contributed by atoms with Crippen molar-refractivity contribution in [3.8, 4) is 5.75 Å². The Kier molecular flexibility index (Phi) is 8.48. The second kappa shape index (κ2) is 10.8. The van der Waals surface area contributed by atoms with Crippen LogP contribution in [0.25, 0.3) is 0 Å². The standard InChI is InChI=1S/C23H30O5/c1-5-6-20-11-16(2)12-21(28-20)13-17(3)14-22(23(24)25)27-15-18-7-9-19(26-4)10-8-18/h5,7-10,13,20-22H,1-2,6,11-12,14-15H2,3-4H3,(H,24,25)/b17-13+/t20-,21-,22+/m0/s1. The molecule has 1 fully saturated rings. The summed E-state index contributed by atoms with van der Waals surface area (Å²) in [7, 11) is 1.60. The monoisotopic (exact) mass is 386 g/mol. The zero-order valence-corrected chi connectivity index (χ0v) is 16.7. The Morgan fingerprint density at radius 2 is 2.07 bits per heavy atom. The highest BCUT2D eigenvalue weighted by molar-refractivity contribution is 5.72. The Morgan fingerprint density at radius 3 is 2.68 bits per heavy atom. The summed E-state index contributed by atoms with van der Waals surface area (Å²) in [6, 6.07) is 7.38. The molecule has 3 atom stereocenters. The van der Waals surface area contributed by atoms with Crippen molar-refractivity contribution in [2.45, 2.75) is 57.5 Å². The lowest BCUT2D eigenvalue weighted by atomic mass is 9.95. The van der Waals surface area contributed by atoms with E-state index < -0.39 is 12.1 Å². The van der Waals surface area contributed by atoms with Crippen LogP contribution in [0, 0.1) is 0 Å². The van der Waals surface area contributed by atoms with Crippen LogP contribution < -0.4 is 4.74 Å². The number of carboxylic acids is 1. The van der Waals surface area contributed by atoms with Gasteiger partial charge in [0.05, 0.1) is 25.9 Å². The van der Waals surface area contributed by atoms with Crippen molar-refractivity contribution in [2.24, 2.45) is 0 Å². The predicted octanol–water partition coefficient (Wildman–Crippen LogP) is 4.68. The first-order valence-corrected chi connectivity index (χ1v) is 9.49. The van der Waals surface area contributed by atoms with Gasteiger partial charge in [0.15, 0.2) is 6.10 Å². The lowest BCUT2D eigenvalue weighted by Gasteiger charge is -2.30. The van der Waals surface area contributed by atoms with Crippen LogP contribution >= 0.6 is 0 Å². The first-order valence-electron chi connectivity index (χ1n) is 9.49. The maximum Gasteiger partial charge on any atom is 0.333 e. The van der Waals surface area contributed by atoms with Gasteiger partial charge < -0.3 is 19.3 Å². The van der Waals surface area contributed by atoms with Gasteiger partial charge in [-0.2, -0.15) is 0 Å². The number of hydrogen-bond donors (Lipinski definition) is 1. The van der Waals surface area contributed by atoms with Crippen molar-refractivity contribution in [3.05, 3.63) is 66.3 Å². The number of carbonyl (C=O) groups is 1. The average molecular weight is 386 g/mol. The van der Waals surface area contributed by atoms with E-state index in [2.05, 4.69) is 13.2 Å². The second-order valence-corrected chi connectivity index (χ2v) is 7.18. The van der Waals surface area contributed by atoms with Crippen molar-refractivity contribution >= 4 is 5.97 Å². The average Bonchev–Trinajstić information content (AvgIpc) is 2.65. The van der Waals surface area contributed by atoms with Gasteiger partial charge in [0.25, 0.3) is 0 Å². The SMILES string of the molecule is C=CC[C@H]1CC(=C)C[C@@H](/C=C(\C)C[C@@H](OCc2ccc(OC)cc2)C(=O)O)O1. The largest absolute Gasteiger partial charge is 0.497 e. The maximum absolute atomic E-state index is 11.6. The van der Waals surface area contributed by atoms with Crippen molar-refractivity contribution in [1.29, 1.82) is 0 Å². The molecular weight excluding hydrogens is 356 g/mol. The van der Waals surface area contributed by atoms with Crippen molar-refractivity contribution in [3.63, 3.8) is 0 Å². The van der Waals surface area contributed by atoms with Gasteiger partial charge >= 0.3 is 5.97 Å². The van der Waals surface area contributed by atoms with Gasteiger partial charge in [-0.1, -0.05) is 42.0 Å². The fourth-order valence-electron chi connectivity index (χ4n) is 3.27. The van der Waals surface area contributed by atoms with E-state index in [9.17, 15) is 9.90 Å². The van der Waals surface area contributed by atoms with E-state index in [1.807, 2.05) is 43.3 Å². The summed E-state index contributed by atoms with van der Waals surface area (Å²) in [6.45, 7) is 10.0. The maximum atomic E-state index is 11.6. The Balaban J connectivity index is 1.94. The molecule has 1 N–H and O–H groups in total. The molecule has 0 aromatic heterocycles. The molecular formula is C23H30O5. The summed E-state index contributed by atoms with van der Waals surface area (Å²) in [5.74, 6) is -0.221. The highest BCUT2D eigenvalue weighted by Gasteiger charge is 2.24. The molecule has 0 spiro atoms. The van der Waals surface area contributed by atoms with Gasteiger partial charge in [0.1, 0.15) is 5.75 Å². The number of ether oxygens (including phenoxy) is 3. The summed E-state index contributed by atoms with van der Waals surface area (Å²) in [6.07, 6.45) is 5.64. The molecule has 1 heterocycles. The highest BCUT2D eigenvalue weighted by atomic mass is 16.5. The van der Waals surface area contributed by atoms with E-state index in [0.29, 0.717) is 6.42 Å². The van der Waals surface area contributed by atoms with Gasteiger partial charge in [-0.15, -0.1) is 6.58 Å². The Labute approximate surface area is 167 Å². The number of hydrogen-bond acceptors (Lipinski definition) is 4. The summed E-state index contributed by atoms with van der Waals surface area (Å²) in [4.78, 5) is 11.6. The molecule has 2 rings (SSSR count). The quantitative estimate of drug-likeness (QED) is 0.592. The van der Waals surface area contributed by atoms with Crippen LogP contribution in [0.15, 0.2) is 60.7 Å². The van der Waals surface area contributed by atoms with E-state index in [1.165, 1.54) is 0 Å². The molecule has 152 valence electrons. The van der Waals surface area contributed by atoms with Crippen LogP contribution in [-0.2, 0) is 20.9 Å². The normalized spacial score (nSPS) is 21.2. The molecule has 5 nitrogen and oxygen atoms in total. The summed E-state index contributed by atoms with van der Waals surface area (Å²) < 4.78 is 16.8. The number of aliphatic carboxylic acids is 1. The first kappa shape index (κ1) is 21.9. The minimum absolute atomic E-state index is 0.0813. The molecule has 0 saturated carbocycles. The fourth-order valence-corrected chi connectivity index (χ4v) is 3.27. The Hall–Kier alpha value is -2.37. The molecule has 1 saturated heterocycles. The predicted molar refractivity (Wildman–Crippen MR) is 109 cm³/mol. The number of methoxy groups -OCH3 is 1. The van der Waals surface area contributed by atoms with Gasteiger partial charge in [0.2, 0.25) is 0 Å². The van der Waals surface area contributed by atoms with Crippen molar-refractivity contribution in [2.75, 3.05) is 7.11 Å². The van der Waals surface area contributed by atoms with Crippen LogP contribution in [0.4, 0.5) is 0 Å². The molecule has 1 aliphatic heterocycles. The molecule has 1 aliphatic rings. The molecule has 0 unspecified atom stereocenters. The smallest absolute Gasteiger partial charge is 0.333 e. The molecule has 0 bridgehead atoms. The number of rotatable bonds is 10. The zero-order valence-electron chi connectivity index (χ0n) is 16.7. The van der Waals surface area contributed by atoms with Gasteiger partial charge in [-0.25, -0.2) is 4.79 Å². The van der Waals surface area contributed by atoms with Crippen molar-refractivity contribution in [1.82, 2.24) is 0 Å². The lowest BCUT2D eigenvalue weighted by molar-refractivity contribution is -0.151. The summed E-state index contributed by atoms with van der Waals surface area (Å²) in [5, 5.41) is 9.51. The van der Waals surface area contributed by atoms with Crippen molar-refractivity contribution < 1.29 is 24.1 Å². The number of carboxylic acid groups (broad SMARTS) is 1. The minimum Gasteiger partial charge on any atom is -0.497 e. The van der Waals surface area contributed by atoms with E-state index in [1.54, 1.807) is 7.11 Å². The van der Waals surface area contributed by atoms with Crippen LogP contribution in [0.1, 0.15) is 38.2 Å². The zero-order chi connectivity index (χ0) is 20.5. The first-order chi connectivity index (χ1) is 13.4. The van der Waals surface area contributed by atoms with Crippen LogP contribution in [-0.4, -0.2) is 36.5 Å². The van der Waals surface area contributed by atoms with Crippen LogP contribution in [0.5, 0.6) is 5.75 Å². The molecule has 5 heteroatoms. The van der Waals surface area contributed by atoms with Crippen LogP contribution in [0.3, 0.4) is 0 Å². The molecule has 28 heavy (non-hydrogen) atoms. The van der Waals surface area contributed by atoms with E-state index in [4.69, 9.17) is 14.2 Å². The number of benzene rings is 1. The van der Waals surface area contributed by atoms with Gasteiger partial charge in [-0.3, -0.25) is 0 Å². The molecule has 0 radical (unpaired) electrons. The molecule has 0 amide bonds. The van der Waals surface area contributed by atoms with Gasteiger partial charge in [-0.05, 0) is 43.9 Å². The molecule has 0 aliphatic carbocycles. The lowest BCUT2D eigenvalue weighted by Crippen LogP contribution is -2.28. The Bertz CT molecular complexity index is 704. The van der Waals surface area contributed by atoms with E-state index >= 15 is 0 Å². The third-order valence-corrected chi connectivity index (χ3v) is 4.67. The fraction of sp³-hybridized carbons (Fsp3) is 0.435. The third kappa shape index (κ3) is 6.98. The highest BCUT2D eigenvalue weighted by Crippen LogP contribution is 2.27. The van der Waals surface area contributed by atoms with E-state index in [-0.39, 0.29) is 18.8 Å². The topological polar surface area (TPSA) is 65.0 Å². The molecule has 1 aromatic rings. The minimum atomic E-state index is -0.972. The molecule has 1 aromatic carbocycles. The van der Waals surface area contributed by atoms with E-state index in [0.717, 1.165) is 41.7 Å². The summed E-state index contributed by atoms with van der Waals surface area (Å²) in [5.41, 5.74) is 2.98. The second-order valence-electron chi connectivity index (χ2n) is 7.18.